The third-order valence-electron chi connectivity index (χ3n) is 5.98. The fourth-order valence-corrected chi connectivity index (χ4v) is 4.66. The minimum atomic E-state index is -0.495. The van der Waals surface area contributed by atoms with Crippen LogP contribution < -0.4 is 25.4 Å². The van der Waals surface area contributed by atoms with Gasteiger partial charge >= 0.3 is 0 Å². The van der Waals surface area contributed by atoms with E-state index in [1.165, 1.54) is 11.8 Å². The lowest BCUT2D eigenvalue weighted by atomic mass is 10.1. The van der Waals surface area contributed by atoms with E-state index in [2.05, 4.69) is 16.0 Å². The van der Waals surface area contributed by atoms with Crippen molar-refractivity contribution < 1.29 is 23.9 Å². The summed E-state index contributed by atoms with van der Waals surface area (Å²) in [5.41, 5.74) is 2.36. The number of benzene rings is 4. The molecule has 9 heteroatoms. The molecule has 0 atom stereocenters. The van der Waals surface area contributed by atoms with Gasteiger partial charge in [-0.05, 0) is 86.7 Å². The summed E-state index contributed by atoms with van der Waals surface area (Å²) in [7, 11) is 0. The Morgan fingerprint density at radius 2 is 1.35 bits per heavy atom. The maximum atomic E-state index is 13.4. The molecule has 0 bridgehead atoms. The molecule has 0 heterocycles. The summed E-state index contributed by atoms with van der Waals surface area (Å²) in [5.74, 6) is 0.520. The molecule has 0 unspecified atom stereocenters. The van der Waals surface area contributed by atoms with Gasteiger partial charge in [-0.25, -0.2) is 0 Å². The van der Waals surface area contributed by atoms with Gasteiger partial charge in [-0.2, -0.15) is 0 Å². The molecule has 3 amide bonds. The van der Waals surface area contributed by atoms with Gasteiger partial charge in [-0.3, -0.25) is 14.4 Å². The normalized spacial score (nSPS) is 10.9. The molecule has 0 radical (unpaired) electrons. The number of hydrogen-bond donors (Lipinski definition) is 3. The smallest absolute Gasteiger partial charge is 0.272 e. The second-order valence-electron chi connectivity index (χ2n) is 9.12. The van der Waals surface area contributed by atoms with E-state index in [0.717, 1.165) is 10.6 Å². The highest BCUT2D eigenvalue weighted by Gasteiger charge is 2.16. The van der Waals surface area contributed by atoms with Crippen LogP contribution in [0, 0.1) is 0 Å². The molecule has 4 aromatic rings. The third kappa shape index (κ3) is 9.51. The zero-order valence-corrected chi connectivity index (χ0v) is 24.8. The number of amides is 3. The number of carbonyl (C=O) groups excluding carboxylic acids is 3. The van der Waals surface area contributed by atoms with Crippen molar-refractivity contribution in [3.05, 3.63) is 120 Å². The maximum Gasteiger partial charge on any atom is 0.272 e. The van der Waals surface area contributed by atoms with Crippen molar-refractivity contribution in [3.8, 4) is 11.5 Å². The summed E-state index contributed by atoms with van der Waals surface area (Å²) in [6, 6.07) is 30.3. The number of ether oxygens (including phenoxy) is 2. The van der Waals surface area contributed by atoms with Crippen LogP contribution in [0.2, 0.25) is 0 Å². The first-order chi connectivity index (χ1) is 20.9. The Morgan fingerprint density at radius 1 is 0.721 bits per heavy atom. The van der Waals surface area contributed by atoms with Crippen LogP contribution in [0.15, 0.2) is 114 Å². The first-order valence-electron chi connectivity index (χ1n) is 13.8. The van der Waals surface area contributed by atoms with Crippen molar-refractivity contribution in [2.75, 3.05) is 29.6 Å². The average Bonchev–Trinajstić information content (AvgIpc) is 3.03. The monoisotopic (exact) mass is 595 g/mol. The molecule has 0 spiro atoms. The molecule has 0 aliphatic carbocycles. The van der Waals surface area contributed by atoms with E-state index < -0.39 is 11.8 Å². The van der Waals surface area contributed by atoms with Gasteiger partial charge < -0.3 is 25.4 Å². The zero-order valence-electron chi connectivity index (χ0n) is 24.0. The molecule has 0 saturated carbocycles. The second-order valence-corrected chi connectivity index (χ2v) is 10.2. The summed E-state index contributed by atoms with van der Waals surface area (Å²) in [6.07, 6.45) is 1.59. The number of nitrogens with one attached hydrogen (secondary N) is 3. The van der Waals surface area contributed by atoms with E-state index in [9.17, 15) is 14.4 Å². The fraction of sp³-hybridized carbons (Fsp3) is 0.147. The van der Waals surface area contributed by atoms with Crippen LogP contribution in [-0.4, -0.2) is 36.7 Å². The van der Waals surface area contributed by atoms with Gasteiger partial charge in [0.25, 0.3) is 11.8 Å². The molecule has 0 fully saturated rings. The topological polar surface area (TPSA) is 106 Å². The highest BCUT2D eigenvalue weighted by molar-refractivity contribution is 8.00. The van der Waals surface area contributed by atoms with E-state index >= 15 is 0 Å². The maximum absolute atomic E-state index is 13.4. The van der Waals surface area contributed by atoms with Crippen LogP contribution in [0.25, 0.3) is 6.08 Å². The van der Waals surface area contributed by atoms with Crippen LogP contribution in [0.3, 0.4) is 0 Å². The standard InChI is InChI=1S/C34H33N3O5S/c1-3-41-28-18-14-26(15-19-28)35-32(38)23-43-29-20-16-27(17-21-29)36-34(40)30(37-33(39)24-10-6-5-7-11-24)22-25-12-8-9-13-31(25)42-4-2/h5-22H,3-4,23H2,1-2H3,(H,35,38)(H,36,40)(H,37,39)/b30-22-. The highest BCUT2D eigenvalue weighted by atomic mass is 32.2. The summed E-state index contributed by atoms with van der Waals surface area (Å²) >= 11 is 1.38. The molecule has 4 aromatic carbocycles. The fourth-order valence-electron chi connectivity index (χ4n) is 3.96. The molecule has 43 heavy (non-hydrogen) atoms. The van der Waals surface area contributed by atoms with Crippen LogP contribution >= 0.6 is 11.8 Å². The van der Waals surface area contributed by atoms with E-state index in [1.807, 2.05) is 62.4 Å². The highest BCUT2D eigenvalue weighted by Crippen LogP contribution is 2.23. The van der Waals surface area contributed by atoms with Crippen LogP contribution in [-0.2, 0) is 9.59 Å². The predicted octanol–water partition coefficient (Wildman–Crippen LogP) is 6.62. The predicted molar refractivity (Wildman–Crippen MR) is 172 cm³/mol. The minimum Gasteiger partial charge on any atom is -0.494 e. The van der Waals surface area contributed by atoms with Crippen molar-refractivity contribution in [2.45, 2.75) is 18.7 Å². The number of carbonyl (C=O) groups is 3. The zero-order chi connectivity index (χ0) is 30.4. The number of thioether (sulfide) groups is 1. The van der Waals surface area contributed by atoms with Crippen molar-refractivity contribution in [1.29, 1.82) is 0 Å². The van der Waals surface area contributed by atoms with Crippen molar-refractivity contribution in [2.24, 2.45) is 0 Å². The molecular weight excluding hydrogens is 562 g/mol. The van der Waals surface area contributed by atoms with Crippen LogP contribution in [0.1, 0.15) is 29.8 Å². The van der Waals surface area contributed by atoms with Crippen LogP contribution in [0.5, 0.6) is 11.5 Å². The summed E-state index contributed by atoms with van der Waals surface area (Å²) in [4.78, 5) is 39.6. The van der Waals surface area contributed by atoms with Gasteiger partial charge in [0.1, 0.15) is 17.2 Å². The Morgan fingerprint density at radius 3 is 2.05 bits per heavy atom. The average molecular weight is 596 g/mol. The lowest BCUT2D eigenvalue weighted by molar-refractivity contribution is -0.114. The number of anilines is 2. The molecule has 0 aliphatic heterocycles. The lowest BCUT2D eigenvalue weighted by Crippen LogP contribution is -2.30. The van der Waals surface area contributed by atoms with Gasteiger partial charge in [-0.1, -0.05) is 36.4 Å². The van der Waals surface area contributed by atoms with Crippen LogP contribution in [0.4, 0.5) is 11.4 Å². The largest absolute Gasteiger partial charge is 0.494 e. The van der Waals surface area contributed by atoms with Gasteiger partial charge in [0.05, 0.1) is 19.0 Å². The van der Waals surface area contributed by atoms with E-state index in [1.54, 1.807) is 60.7 Å². The van der Waals surface area contributed by atoms with E-state index in [4.69, 9.17) is 9.47 Å². The first-order valence-corrected chi connectivity index (χ1v) is 14.8. The van der Waals surface area contributed by atoms with Gasteiger partial charge in [0.15, 0.2) is 0 Å². The second kappa shape index (κ2) is 15.8. The third-order valence-corrected chi connectivity index (χ3v) is 6.99. The molecule has 3 N–H and O–H groups in total. The Balaban J connectivity index is 1.40. The molecule has 220 valence electrons. The molecule has 0 aromatic heterocycles. The van der Waals surface area contributed by atoms with Crippen molar-refractivity contribution in [1.82, 2.24) is 5.32 Å². The van der Waals surface area contributed by atoms with Gasteiger partial charge in [0, 0.05) is 27.4 Å². The van der Waals surface area contributed by atoms with Gasteiger partial charge in [0.2, 0.25) is 5.91 Å². The lowest BCUT2D eigenvalue weighted by Gasteiger charge is -2.13. The Kier molecular flexibility index (Phi) is 11.4. The molecule has 8 nitrogen and oxygen atoms in total. The minimum absolute atomic E-state index is 0.0606. The SMILES string of the molecule is CCOc1ccc(NC(=O)CSc2ccc(NC(=O)/C(=C/c3ccccc3OCC)NC(=O)c3ccccc3)cc2)cc1. The Hall–Kier alpha value is -5.02. The molecule has 0 aliphatic rings. The first kappa shape index (κ1) is 30.9. The van der Waals surface area contributed by atoms with Gasteiger partial charge in [-0.15, -0.1) is 11.8 Å². The van der Waals surface area contributed by atoms with Crippen molar-refractivity contribution in [3.63, 3.8) is 0 Å². The Bertz CT molecular complexity index is 1560. The summed E-state index contributed by atoms with van der Waals surface area (Å²) in [5, 5.41) is 8.46. The molecular formula is C34H33N3O5S. The molecule has 4 rings (SSSR count). The summed E-state index contributed by atoms with van der Waals surface area (Å²) < 4.78 is 11.1. The summed E-state index contributed by atoms with van der Waals surface area (Å²) in [6.45, 7) is 4.83. The quantitative estimate of drug-likeness (QED) is 0.118. The number of para-hydroxylation sites is 1. The van der Waals surface area contributed by atoms with E-state index in [0.29, 0.717) is 41.5 Å². The Labute approximate surface area is 255 Å². The number of rotatable bonds is 13. The molecule has 0 saturated heterocycles. The van der Waals surface area contributed by atoms with E-state index in [-0.39, 0.29) is 17.4 Å². The van der Waals surface area contributed by atoms with Crippen molar-refractivity contribution >= 4 is 46.9 Å². The number of hydrogen-bond acceptors (Lipinski definition) is 6.